The van der Waals surface area contributed by atoms with Crippen LogP contribution in [0.4, 0.5) is 5.82 Å². The summed E-state index contributed by atoms with van der Waals surface area (Å²) >= 11 is 0. The summed E-state index contributed by atoms with van der Waals surface area (Å²) < 4.78 is 0. The lowest BCUT2D eigenvalue weighted by Gasteiger charge is -2.30. The molecule has 188 valence electrons. The number of fused-ring (bicyclic) bond motifs is 1. The third-order valence-corrected chi connectivity index (χ3v) is 7.88. The molecule has 2 fully saturated rings. The fourth-order valence-electron chi connectivity index (χ4n) is 5.64. The normalized spacial score (nSPS) is 23.3. The molecular weight excluding hydrogens is 450 g/mol. The van der Waals surface area contributed by atoms with Crippen molar-refractivity contribution in [3.8, 4) is 0 Å². The second kappa shape index (κ2) is 10.4. The summed E-state index contributed by atoms with van der Waals surface area (Å²) in [7, 11) is 0. The molecule has 0 spiro atoms. The van der Waals surface area contributed by atoms with Crippen molar-refractivity contribution < 1.29 is 4.79 Å². The molecule has 4 N–H and O–H groups in total. The summed E-state index contributed by atoms with van der Waals surface area (Å²) in [5, 5.41) is 17.9. The molecule has 1 atom stereocenters. The Balaban J connectivity index is 0.932. The zero-order chi connectivity index (χ0) is 24.3. The van der Waals surface area contributed by atoms with Gasteiger partial charge in [0, 0.05) is 24.2 Å². The Labute approximate surface area is 212 Å². The first-order valence-corrected chi connectivity index (χ1v) is 13.4. The molecule has 2 heterocycles. The molecule has 1 amide bonds. The largest absolute Gasteiger partial charge is 0.364 e. The van der Waals surface area contributed by atoms with Gasteiger partial charge in [0.05, 0.1) is 30.4 Å². The van der Waals surface area contributed by atoms with Crippen molar-refractivity contribution in [1.82, 2.24) is 30.8 Å². The van der Waals surface area contributed by atoms with Gasteiger partial charge >= 0.3 is 0 Å². The number of hydrogen-bond acceptors (Lipinski definition) is 6. The molecule has 3 aromatic rings. The number of nitrogens with zero attached hydrogens (tertiary/aromatic N) is 3. The monoisotopic (exact) mass is 485 g/mol. The highest BCUT2D eigenvalue weighted by Crippen LogP contribution is 2.39. The van der Waals surface area contributed by atoms with Crippen molar-refractivity contribution in [2.24, 2.45) is 0 Å². The van der Waals surface area contributed by atoms with Crippen LogP contribution in [0, 0.1) is 0 Å². The van der Waals surface area contributed by atoms with Crippen LogP contribution < -0.4 is 16.0 Å². The van der Waals surface area contributed by atoms with E-state index in [2.05, 4.69) is 60.4 Å². The predicted molar refractivity (Wildman–Crippen MR) is 138 cm³/mol. The van der Waals surface area contributed by atoms with E-state index in [9.17, 15) is 4.79 Å². The highest BCUT2D eigenvalue weighted by Gasteiger charge is 2.31. The van der Waals surface area contributed by atoms with Gasteiger partial charge in [-0.15, -0.1) is 0 Å². The van der Waals surface area contributed by atoms with Crippen LogP contribution in [-0.2, 0) is 24.3 Å². The second-order valence-corrected chi connectivity index (χ2v) is 10.5. The number of H-pyrrole nitrogens is 1. The minimum atomic E-state index is 0.0172. The van der Waals surface area contributed by atoms with E-state index in [1.165, 1.54) is 29.7 Å². The SMILES string of the molecule is O=C(NC1CCC(NCc2nccc(NCc3cc(C4CC4)n[nH]3)n2)CC1)C1CCc2ccccc21. The number of benzene rings is 1. The van der Waals surface area contributed by atoms with Gasteiger partial charge in [-0.2, -0.15) is 5.10 Å². The fraction of sp³-hybridized carbons (Fsp3) is 0.500. The summed E-state index contributed by atoms with van der Waals surface area (Å²) in [6.45, 7) is 1.32. The number of carbonyl (C=O) groups is 1. The summed E-state index contributed by atoms with van der Waals surface area (Å²) in [5.74, 6) is 2.49. The average molecular weight is 486 g/mol. The van der Waals surface area contributed by atoms with Gasteiger partial charge in [0.2, 0.25) is 5.91 Å². The zero-order valence-corrected chi connectivity index (χ0v) is 20.7. The first-order chi connectivity index (χ1) is 17.7. The summed E-state index contributed by atoms with van der Waals surface area (Å²) in [5.41, 5.74) is 4.81. The maximum absolute atomic E-state index is 12.9. The molecule has 1 aromatic carbocycles. The van der Waals surface area contributed by atoms with E-state index >= 15 is 0 Å². The Morgan fingerprint density at radius 1 is 0.972 bits per heavy atom. The number of aromatic amines is 1. The highest BCUT2D eigenvalue weighted by molar-refractivity contribution is 5.85. The van der Waals surface area contributed by atoms with Crippen LogP contribution in [0.5, 0.6) is 0 Å². The number of aryl methyl sites for hydroxylation is 1. The predicted octanol–water partition coefficient (Wildman–Crippen LogP) is 3.94. The third kappa shape index (κ3) is 5.43. The lowest BCUT2D eigenvalue weighted by Crippen LogP contribution is -2.43. The number of hydrogen-bond donors (Lipinski definition) is 4. The minimum Gasteiger partial charge on any atom is -0.364 e. The van der Waals surface area contributed by atoms with Crippen LogP contribution in [0.15, 0.2) is 42.6 Å². The maximum Gasteiger partial charge on any atom is 0.227 e. The molecule has 6 rings (SSSR count). The molecule has 2 saturated carbocycles. The first-order valence-electron chi connectivity index (χ1n) is 13.4. The molecule has 0 aliphatic heterocycles. The molecule has 3 aliphatic rings. The highest BCUT2D eigenvalue weighted by atomic mass is 16.1. The molecule has 36 heavy (non-hydrogen) atoms. The van der Waals surface area contributed by atoms with Gasteiger partial charge in [-0.3, -0.25) is 9.89 Å². The Morgan fingerprint density at radius 3 is 2.67 bits per heavy atom. The van der Waals surface area contributed by atoms with Crippen LogP contribution in [0.3, 0.4) is 0 Å². The van der Waals surface area contributed by atoms with Crippen molar-refractivity contribution in [2.75, 3.05) is 5.32 Å². The standard InChI is InChI=1S/C28H35N7O/c36-28(24-12-7-18-3-1-2-4-23(18)24)32-21-10-8-20(9-11-21)30-17-27-29-14-13-26(33-27)31-16-22-15-25(35-34-22)19-5-6-19/h1-4,13-15,19-21,24,30H,5-12,16-17H2,(H,32,36)(H,34,35)(H,29,31,33). The van der Waals surface area contributed by atoms with Crippen LogP contribution in [0.2, 0.25) is 0 Å². The number of nitrogens with one attached hydrogen (secondary N) is 4. The lowest BCUT2D eigenvalue weighted by molar-refractivity contribution is -0.123. The van der Waals surface area contributed by atoms with Crippen molar-refractivity contribution >= 4 is 11.7 Å². The van der Waals surface area contributed by atoms with Gasteiger partial charge in [0.1, 0.15) is 11.6 Å². The molecule has 2 aromatic heterocycles. The molecule has 8 nitrogen and oxygen atoms in total. The van der Waals surface area contributed by atoms with E-state index in [1.807, 2.05) is 18.3 Å². The quantitative estimate of drug-likeness (QED) is 0.366. The van der Waals surface area contributed by atoms with Crippen LogP contribution in [-0.4, -0.2) is 38.2 Å². The number of amides is 1. The number of carbonyl (C=O) groups excluding carboxylic acids is 1. The number of aromatic nitrogens is 4. The maximum atomic E-state index is 12.9. The van der Waals surface area contributed by atoms with E-state index < -0.39 is 0 Å². The van der Waals surface area contributed by atoms with Crippen LogP contribution >= 0.6 is 0 Å². The first kappa shape index (κ1) is 23.2. The van der Waals surface area contributed by atoms with Crippen LogP contribution in [0.25, 0.3) is 0 Å². The molecule has 0 radical (unpaired) electrons. The van der Waals surface area contributed by atoms with E-state index in [0.717, 1.165) is 55.9 Å². The molecule has 1 unspecified atom stereocenters. The van der Waals surface area contributed by atoms with Crippen molar-refractivity contribution in [3.05, 3.63) is 70.9 Å². The Bertz CT molecular complexity index is 1200. The van der Waals surface area contributed by atoms with Gasteiger partial charge in [-0.1, -0.05) is 24.3 Å². The van der Waals surface area contributed by atoms with E-state index in [0.29, 0.717) is 25.0 Å². The van der Waals surface area contributed by atoms with Crippen LogP contribution in [0.1, 0.15) is 85.1 Å². The molecule has 8 heteroatoms. The van der Waals surface area contributed by atoms with Gasteiger partial charge in [-0.05, 0) is 74.6 Å². The Hall–Kier alpha value is -3.26. The number of rotatable bonds is 9. The molecular formula is C28H35N7O. The Morgan fingerprint density at radius 2 is 1.81 bits per heavy atom. The third-order valence-electron chi connectivity index (χ3n) is 7.88. The second-order valence-electron chi connectivity index (χ2n) is 10.5. The van der Waals surface area contributed by atoms with Crippen molar-refractivity contribution in [1.29, 1.82) is 0 Å². The zero-order valence-electron chi connectivity index (χ0n) is 20.7. The van der Waals surface area contributed by atoms with Gasteiger partial charge in [0.25, 0.3) is 0 Å². The van der Waals surface area contributed by atoms with E-state index in [1.54, 1.807) is 0 Å². The molecule has 0 bridgehead atoms. The van der Waals surface area contributed by atoms with Gasteiger partial charge in [0.15, 0.2) is 0 Å². The smallest absolute Gasteiger partial charge is 0.227 e. The topological polar surface area (TPSA) is 108 Å². The lowest BCUT2D eigenvalue weighted by atomic mass is 9.90. The number of anilines is 1. The summed E-state index contributed by atoms with van der Waals surface area (Å²) in [6, 6.07) is 13.1. The molecule has 3 aliphatic carbocycles. The van der Waals surface area contributed by atoms with E-state index in [-0.39, 0.29) is 17.9 Å². The fourth-order valence-corrected chi connectivity index (χ4v) is 5.64. The summed E-state index contributed by atoms with van der Waals surface area (Å²) in [4.78, 5) is 22.0. The Kier molecular flexibility index (Phi) is 6.68. The van der Waals surface area contributed by atoms with Gasteiger partial charge in [-0.25, -0.2) is 9.97 Å². The molecule has 0 saturated heterocycles. The minimum absolute atomic E-state index is 0.0172. The average Bonchev–Trinajstić information content (AvgIpc) is 3.49. The van der Waals surface area contributed by atoms with Crippen molar-refractivity contribution in [3.63, 3.8) is 0 Å². The summed E-state index contributed by atoms with van der Waals surface area (Å²) in [6.07, 6.45) is 10.4. The van der Waals surface area contributed by atoms with Gasteiger partial charge < -0.3 is 16.0 Å². The van der Waals surface area contributed by atoms with E-state index in [4.69, 9.17) is 0 Å². The van der Waals surface area contributed by atoms with Crippen molar-refractivity contribution in [2.45, 2.75) is 88.4 Å².